The van der Waals surface area contributed by atoms with E-state index in [-0.39, 0.29) is 12.3 Å². The van der Waals surface area contributed by atoms with Gasteiger partial charge in [0, 0.05) is 17.1 Å². The van der Waals surface area contributed by atoms with Crippen LogP contribution in [0.2, 0.25) is 5.02 Å². The summed E-state index contributed by atoms with van der Waals surface area (Å²) in [6.45, 7) is 0. The van der Waals surface area contributed by atoms with Crippen LogP contribution < -0.4 is 14.8 Å². The van der Waals surface area contributed by atoms with Gasteiger partial charge in [-0.05, 0) is 42.0 Å². The number of nitrogens with one attached hydrogen (secondary N) is 2. The topological polar surface area (TPSA) is 84.5 Å². The molecule has 0 saturated carbocycles. The predicted molar refractivity (Wildman–Crippen MR) is 98.4 cm³/mol. The van der Waals surface area contributed by atoms with E-state index in [1.54, 1.807) is 55.6 Å². The first-order valence-corrected chi connectivity index (χ1v) is 9.70. The summed E-state index contributed by atoms with van der Waals surface area (Å²) in [7, 11) is -1.93. The summed E-state index contributed by atoms with van der Waals surface area (Å²) in [5.41, 5.74) is 1.25. The Hall–Kier alpha value is -2.09. The van der Waals surface area contributed by atoms with Crippen LogP contribution in [0.1, 0.15) is 18.0 Å². The third-order valence-electron chi connectivity index (χ3n) is 3.39. The summed E-state index contributed by atoms with van der Waals surface area (Å²) >= 11 is 5.86. The SMILES string of the molecule is COc1ccc(NC(=O)C[C@@H](NS(C)(=O)=O)c2ccc(Cl)cc2)cc1. The van der Waals surface area contributed by atoms with Gasteiger partial charge in [-0.3, -0.25) is 4.79 Å². The van der Waals surface area contributed by atoms with E-state index in [1.807, 2.05) is 0 Å². The van der Waals surface area contributed by atoms with E-state index in [0.717, 1.165) is 6.26 Å². The second-order valence-electron chi connectivity index (χ2n) is 5.47. The van der Waals surface area contributed by atoms with Crippen molar-refractivity contribution < 1.29 is 17.9 Å². The lowest BCUT2D eigenvalue weighted by Crippen LogP contribution is -2.30. The first kappa shape index (κ1) is 19.2. The Balaban J connectivity index is 2.11. The minimum Gasteiger partial charge on any atom is -0.497 e. The van der Waals surface area contributed by atoms with Crippen molar-refractivity contribution >= 4 is 33.2 Å². The molecular weight excluding hydrogens is 364 g/mol. The van der Waals surface area contributed by atoms with Gasteiger partial charge in [0.05, 0.1) is 19.4 Å². The molecule has 134 valence electrons. The van der Waals surface area contributed by atoms with Crippen LogP contribution >= 0.6 is 11.6 Å². The average Bonchev–Trinajstić information content (AvgIpc) is 2.54. The van der Waals surface area contributed by atoms with Crippen molar-refractivity contribution in [3.8, 4) is 5.75 Å². The normalized spacial score (nSPS) is 12.4. The van der Waals surface area contributed by atoms with Crippen LogP contribution in [-0.4, -0.2) is 27.7 Å². The minimum atomic E-state index is -3.49. The molecule has 2 N–H and O–H groups in total. The maximum absolute atomic E-state index is 12.3. The van der Waals surface area contributed by atoms with Gasteiger partial charge >= 0.3 is 0 Å². The number of rotatable bonds is 7. The van der Waals surface area contributed by atoms with E-state index in [0.29, 0.717) is 22.0 Å². The molecule has 0 bridgehead atoms. The molecule has 0 saturated heterocycles. The highest BCUT2D eigenvalue weighted by Gasteiger charge is 2.20. The lowest BCUT2D eigenvalue weighted by Gasteiger charge is -2.18. The maximum atomic E-state index is 12.3. The molecule has 0 heterocycles. The molecule has 2 rings (SSSR count). The molecule has 0 aliphatic heterocycles. The zero-order chi connectivity index (χ0) is 18.4. The number of ether oxygens (including phenoxy) is 1. The number of methoxy groups -OCH3 is 1. The van der Waals surface area contributed by atoms with Crippen LogP contribution in [0.4, 0.5) is 5.69 Å². The Labute approximate surface area is 152 Å². The third kappa shape index (κ3) is 6.38. The van der Waals surface area contributed by atoms with Crippen LogP contribution in [0, 0.1) is 0 Å². The van der Waals surface area contributed by atoms with Crippen molar-refractivity contribution in [2.45, 2.75) is 12.5 Å². The van der Waals surface area contributed by atoms with Crippen LogP contribution in [0.25, 0.3) is 0 Å². The minimum absolute atomic E-state index is 0.0548. The van der Waals surface area contributed by atoms with E-state index in [9.17, 15) is 13.2 Å². The highest BCUT2D eigenvalue weighted by atomic mass is 35.5. The van der Waals surface area contributed by atoms with E-state index < -0.39 is 16.1 Å². The molecule has 0 unspecified atom stereocenters. The molecule has 0 aromatic heterocycles. The van der Waals surface area contributed by atoms with Crippen LogP contribution in [0.15, 0.2) is 48.5 Å². The van der Waals surface area contributed by atoms with Gasteiger partial charge in [-0.15, -0.1) is 0 Å². The highest BCUT2D eigenvalue weighted by Crippen LogP contribution is 2.22. The summed E-state index contributed by atoms with van der Waals surface area (Å²) in [4.78, 5) is 12.3. The fraction of sp³-hybridized carbons (Fsp3) is 0.235. The maximum Gasteiger partial charge on any atom is 0.226 e. The zero-order valence-electron chi connectivity index (χ0n) is 13.8. The number of amides is 1. The van der Waals surface area contributed by atoms with Crippen molar-refractivity contribution in [2.24, 2.45) is 0 Å². The molecule has 0 aliphatic rings. The summed E-state index contributed by atoms with van der Waals surface area (Å²) in [5.74, 6) is 0.358. The number of carbonyl (C=O) groups excluding carboxylic acids is 1. The van der Waals surface area contributed by atoms with Crippen LogP contribution in [-0.2, 0) is 14.8 Å². The van der Waals surface area contributed by atoms with Crippen molar-refractivity contribution in [3.05, 3.63) is 59.1 Å². The van der Waals surface area contributed by atoms with Gasteiger partial charge in [0.25, 0.3) is 0 Å². The van der Waals surface area contributed by atoms with Crippen LogP contribution in [0.5, 0.6) is 5.75 Å². The van der Waals surface area contributed by atoms with Crippen molar-refractivity contribution in [1.82, 2.24) is 4.72 Å². The number of anilines is 1. The smallest absolute Gasteiger partial charge is 0.226 e. The summed E-state index contributed by atoms with van der Waals surface area (Å²) in [5, 5.41) is 3.27. The lowest BCUT2D eigenvalue weighted by atomic mass is 10.0. The fourth-order valence-electron chi connectivity index (χ4n) is 2.25. The summed E-state index contributed by atoms with van der Waals surface area (Å²) in [6, 6.07) is 12.8. The van der Waals surface area contributed by atoms with Gasteiger partial charge in [0.2, 0.25) is 15.9 Å². The van der Waals surface area contributed by atoms with Gasteiger partial charge in [0.1, 0.15) is 5.75 Å². The molecule has 8 heteroatoms. The number of carbonyl (C=O) groups is 1. The number of hydrogen-bond acceptors (Lipinski definition) is 4. The molecule has 6 nitrogen and oxygen atoms in total. The van der Waals surface area contributed by atoms with Gasteiger partial charge in [-0.25, -0.2) is 13.1 Å². The second-order valence-corrected chi connectivity index (χ2v) is 7.69. The fourth-order valence-corrected chi connectivity index (χ4v) is 3.12. The molecule has 25 heavy (non-hydrogen) atoms. The van der Waals surface area contributed by atoms with Gasteiger partial charge in [-0.1, -0.05) is 23.7 Å². The van der Waals surface area contributed by atoms with E-state index in [2.05, 4.69) is 10.0 Å². The molecule has 2 aromatic carbocycles. The van der Waals surface area contributed by atoms with Crippen molar-refractivity contribution in [1.29, 1.82) is 0 Å². The molecule has 0 spiro atoms. The predicted octanol–water partition coefficient (Wildman–Crippen LogP) is 2.97. The van der Waals surface area contributed by atoms with Gasteiger partial charge < -0.3 is 10.1 Å². The van der Waals surface area contributed by atoms with Gasteiger partial charge in [0.15, 0.2) is 0 Å². The largest absolute Gasteiger partial charge is 0.497 e. The summed E-state index contributed by atoms with van der Waals surface area (Å²) < 4.78 is 30.8. The van der Waals surface area contributed by atoms with Crippen molar-refractivity contribution in [2.75, 3.05) is 18.7 Å². The molecule has 1 atom stereocenters. The standard InChI is InChI=1S/C17H19ClN2O4S/c1-24-15-9-7-14(8-10-15)19-17(21)11-16(20-25(2,22)23)12-3-5-13(18)6-4-12/h3-10,16,20H,11H2,1-2H3,(H,19,21)/t16-/m1/s1. The number of hydrogen-bond donors (Lipinski definition) is 2. The quantitative estimate of drug-likeness (QED) is 0.771. The Morgan fingerprint density at radius 2 is 1.72 bits per heavy atom. The number of sulfonamides is 1. The Morgan fingerprint density at radius 3 is 2.24 bits per heavy atom. The molecule has 2 aromatic rings. The van der Waals surface area contributed by atoms with Crippen LogP contribution in [0.3, 0.4) is 0 Å². The summed E-state index contributed by atoms with van der Waals surface area (Å²) in [6.07, 6.45) is 0.998. The van der Waals surface area contributed by atoms with E-state index >= 15 is 0 Å². The van der Waals surface area contributed by atoms with E-state index in [1.165, 1.54) is 0 Å². The average molecular weight is 383 g/mol. The van der Waals surface area contributed by atoms with Crippen molar-refractivity contribution in [3.63, 3.8) is 0 Å². The second kappa shape index (κ2) is 8.33. The Bertz CT molecular complexity index is 821. The Kier molecular flexibility index (Phi) is 6.41. The zero-order valence-corrected chi connectivity index (χ0v) is 15.4. The first-order chi connectivity index (χ1) is 11.8. The molecule has 0 radical (unpaired) electrons. The molecule has 0 fully saturated rings. The monoisotopic (exact) mass is 382 g/mol. The van der Waals surface area contributed by atoms with E-state index in [4.69, 9.17) is 16.3 Å². The number of benzene rings is 2. The number of halogens is 1. The highest BCUT2D eigenvalue weighted by molar-refractivity contribution is 7.88. The van der Waals surface area contributed by atoms with Gasteiger partial charge in [-0.2, -0.15) is 0 Å². The Morgan fingerprint density at radius 1 is 1.12 bits per heavy atom. The molecule has 0 aliphatic carbocycles. The molecular formula is C17H19ClN2O4S. The third-order valence-corrected chi connectivity index (χ3v) is 4.36. The molecule has 1 amide bonds. The first-order valence-electron chi connectivity index (χ1n) is 7.43. The lowest BCUT2D eigenvalue weighted by molar-refractivity contribution is -0.116.